The molecule has 0 atom stereocenters. The Morgan fingerprint density at radius 3 is 2.90 bits per heavy atom. The number of carbonyl (C=O) groups is 1. The number of aryl methyl sites for hydroxylation is 1. The van der Waals surface area contributed by atoms with Crippen LogP contribution in [-0.2, 0) is 24.2 Å². The van der Waals surface area contributed by atoms with Crippen LogP contribution < -0.4 is 5.32 Å². The van der Waals surface area contributed by atoms with Crippen molar-refractivity contribution in [2.45, 2.75) is 32.7 Å². The lowest BCUT2D eigenvalue weighted by Gasteiger charge is -2.06. The van der Waals surface area contributed by atoms with Gasteiger partial charge in [-0.15, -0.1) is 10.2 Å². The van der Waals surface area contributed by atoms with Crippen molar-refractivity contribution in [1.29, 1.82) is 0 Å². The van der Waals surface area contributed by atoms with Gasteiger partial charge in [-0.1, -0.05) is 41.9 Å². The topological polar surface area (TPSA) is 98.2 Å². The lowest BCUT2D eigenvalue weighted by molar-refractivity contribution is -0.120. The summed E-state index contributed by atoms with van der Waals surface area (Å²) in [5.41, 5.74) is 2.07. The Morgan fingerprint density at radius 1 is 1.21 bits per heavy atom. The summed E-state index contributed by atoms with van der Waals surface area (Å²) in [5, 5.41) is 15.9. The van der Waals surface area contributed by atoms with Crippen molar-refractivity contribution < 1.29 is 9.32 Å². The molecule has 0 radical (unpaired) electrons. The molecule has 0 saturated heterocycles. The van der Waals surface area contributed by atoms with Crippen LogP contribution in [0.2, 0.25) is 5.02 Å². The number of pyridine rings is 1. The van der Waals surface area contributed by atoms with Crippen LogP contribution in [-0.4, -0.2) is 30.6 Å². The minimum atomic E-state index is -0.146. The van der Waals surface area contributed by atoms with Crippen LogP contribution in [0, 0.1) is 0 Å². The number of halogens is 1. The maximum atomic E-state index is 12.3. The van der Waals surface area contributed by atoms with E-state index in [2.05, 4.69) is 32.6 Å². The Labute approximate surface area is 171 Å². The van der Waals surface area contributed by atoms with Crippen molar-refractivity contribution in [1.82, 2.24) is 30.1 Å². The van der Waals surface area contributed by atoms with E-state index >= 15 is 0 Å². The summed E-state index contributed by atoms with van der Waals surface area (Å²) in [5.74, 6) is 1.52. The smallest absolute Gasteiger partial charge is 0.261 e. The molecule has 0 saturated carbocycles. The third-order valence-corrected chi connectivity index (χ3v) is 4.80. The number of nitrogens with one attached hydrogen (secondary N) is 1. The summed E-state index contributed by atoms with van der Waals surface area (Å²) in [6, 6.07) is 11.0. The minimum absolute atomic E-state index is 0.146. The van der Waals surface area contributed by atoms with Gasteiger partial charge in [-0.2, -0.15) is 4.98 Å². The standard InChI is InChI=1S/C20H19ClN6O2/c1-2-6-16-23-20(29-26-16)14-8-5-10-27-17(24-25-19(14)27)12-22-18(28)11-13-7-3-4-9-15(13)21/h3-5,7-10H,2,6,11-12H2,1H3,(H,22,28). The molecule has 9 heteroatoms. The molecule has 29 heavy (non-hydrogen) atoms. The number of carbonyl (C=O) groups excluding carboxylic acids is 1. The van der Waals surface area contributed by atoms with E-state index in [1.54, 1.807) is 10.5 Å². The molecule has 0 unspecified atom stereocenters. The van der Waals surface area contributed by atoms with Gasteiger partial charge in [-0.25, -0.2) is 0 Å². The quantitative estimate of drug-likeness (QED) is 0.502. The first-order valence-electron chi connectivity index (χ1n) is 9.31. The first-order valence-corrected chi connectivity index (χ1v) is 9.69. The van der Waals surface area contributed by atoms with Gasteiger partial charge in [0.05, 0.1) is 18.5 Å². The van der Waals surface area contributed by atoms with Crippen molar-refractivity contribution in [3.05, 3.63) is 64.8 Å². The summed E-state index contributed by atoms with van der Waals surface area (Å²) in [6.07, 6.45) is 3.72. The minimum Gasteiger partial charge on any atom is -0.348 e. The molecule has 1 aromatic carbocycles. The molecule has 0 fully saturated rings. The molecule has 0 bridgehead atoms. The molecule has 8 nitrogen and oxygen atoms in total. The highest BCUT2D eigenvalue weighted by molar-refractivity contribution is 6.31. The van der Waals surface area contributed by atoms with E-state index in [1.807, 2.05) is 36.5 Å². The van der Waals surface area contributed by atoms with Crippen molar-refractivity contribution in [3.8, 4) is 11.5 Å². The monoisotopic (exact) mass is 410 g/mol. The molecule has 4 rings (SSSR count). The number of fused-ring (bicyclic) bond motifs is 1. The van der Waals surface area contributed by atoms with Crippen molar-refractivity contribution in [3.63, 3.8) is 0 Å². The molecule has 148 valence electrons. The maximum Gasteiger partial charge on any atom is 0.261 e. The van der Waals surface area contributed by atoms with Crippen molar-refractivity contribution >= 4 is 23.2 Å². The second-order valence-electron chi connectivity index (χ2n) is 6.54. The molecule has 0 spiro atoms. The van der Waals surface area contributed by atoms with Gasteiger partial charge < -0.3 is 9.84 Å². The summed E-state index contributed by atoms with van der Waals surface area (Å²) in [6.45, 7) is 2.29. The van der Waals surface area contributed by atoms with Gasteiger partial charge in [0.1, 0.15) is 0 Å². The van der Waals surface area contributed by atoms with E-state index < -0.39 is 0 Å². The Kier molecular flexibility index (Phi) is 5.53. The number of aromatic nitrogens is 5. The second-order valence-corrected chi connectivity index (χ2v) is 6.95. The molecular weight excluding hydrogens is 392 g/mol. The summed E-state index contributed by atoms with van der Waals surface area (Å²) < 4.78 is 7.17. The maximum absolute atomic E-state index is 12.3. The fourth-order valence-corrected chi connectivity index (χ4v) is 3.20. The van der Waals surface area contributed by atoms with E-state index in [4.69, 9.17) is 16.1 Å². The van der Waals surface area contributed by atoms with Gasteiger partial charge in [-0.3, -0.25) is 9.20 Å². The Bertz CT molecular complexity index is 1150. The average molecular weight is 411 g/mol. The van der Waals surface area contributed by atoms with Crippen molar-refractivity contribution in [2.24, 2.45) is 0 Å². The predicted molar refractivity (Wildman–Crippen MR) is 107 cm³/mol. The van der Waals surface area contributed by atoms with Gasteiger partial charge in [0.2, 0.25) is 5.91 Å². The van der Waals surface area contributed by atoms with Gasteiger partial charge in [-0.05, 0) is 30.2 Å². The average Bonchev–Trinajstić information content (AvgIpc) is 3.35. The normalized spacial score (nSPS) is 11.1. The highest BCUT2D eigenvalue weighted by Crippen LogP contribution is 2.22. The summed E-state index contributed by atoms with van der Waals surface area (Å²) >= 11 is 6.12. The third-order valence-electron chi connectivity index (χ3n) is 4.43. The molecular formula is C20H19ClN6O2. The molecule has 0 aliphatic carbocycles. The lowest BCUT2D eigenvalue weighted by Crippen LogP contribution is -2.25. The highest BCUT2D eigenvalue weighted by Gasteiger charge is 2.16. The Morgan fingerprint density at radius 2 is 2.07 bits per heavy atom. The fraction of sp³-hybridized carbons (Fsp3) is 0.250. The lowest BCUT2D eigenvalue weighted by atomic mass is 10.1. The van der Waals surface area contributed by atoms with Crippen LogP contribution in [0.3, 0.4) is 0 Å². The summed E-state index contributed by atoms with van der Waals surface area (Å²) in [7, 11) is 0. The van der Waals surface area contributed by atoms with Crippen LogP contribution in [0.5, 0.6) is 0 Å². The molecule has 4 aromatic rings. The number of hydrogen-bond donors (Lipinski definition) is 1. The Balaban J connectivity index is 1.50. The van der Waals surface area contributed by atoms with E-state index in [9.17, 15) is 4.79 Å². The van der Waals surface area contributed by atoms with Crippen LogP contribution >= 0.6 is 11.6 Å². The van der Waals surface area contributed by atoms with Crippen LogP contribution in [0.4, 0.5) is 0 Å². The molecule has 1 amide bonds. The number of amides is 1. The van der Waals surface area contributed by atoms with Gasteiger partial charge in [0.15, 0.2) is 17.3 Å². The predicted octanol–water partition coefficient (Wildman–Crippen LogP) is 3.24. The zero-order valence-corrected chi connectivity index (χ0v) is 16.6. The first-order chi connectivity index (χ1) is 14.2. The largest absolute Gasteiger partial charge is 0.348 e. The highest BCUT2D eigenvalue weighted by atomic mass is 35.5. The molecule has 1 N–H and O–H groups in total. The number of nitrogens with zero attached hydrogens (tertiary/aromatic N) is 5. The van der Waals surface area contributed by atoms with Crippen LogP contribution in [0.25, 0.3) is 17.1 Å². The SMILES string of the molecule is CCCc1noc(-c2cccn3c(CNC(=O)Cc4ccccc4Cl)nnc23)n1. The fourth-order valence-electron chi connectivity index (χ4n) is 2.99. The van der Waals surface area contributed by atoms with Gasteiger partial charge in [0.25, 0.3) is 5.89 Å². The Hall–Kier alpha value is -3.26. The van der Waals surface area contributed by atoms with E-state index in [0.717, 1.165) is 18.4 Å². The third kappa shape index (κ3) is 4.12. The molecule has 0 aliphatic heterocycles. The van der Waals surface area contributed by atoms with Gasteiger partial charge in [0, 0.05) is 17.6 Å². The summed E-state index contributed by atoms with van der Waals surface area (Å²) in [4.78, 5) is 16.7. The number of hydrogen-bond acceptors (Lipinski definition) is 6. The zero-order chi connectivity index (χ0) is 20.2. The van der Waals surface area contributed by atoms with Crippen LogP contribution in [0.1, 0.15) is 30.6 Å². The van der Waals surface area contributed by atoms with E-state index in [-0.39, 0.29) is 18.9 Å². The number of benzene rings is 1. The van der Waals surface area contributed by atoms with Crippen LogP contribution in [0.15, 0.2) is 47.1 Å². The molecule has 3 aromatic heterocycles. The molecule has 0 aliphatic rings. The van der Waals surface area contributed by atoms with E-state index in [0.29, 0.717) is 33.8 Å². The molecule has 3 heterocycles. The van der Waals surface area contributed by atoms with Crippen molar-refractivity contribution in [2.75, 3.05) is 0 Å². The first kappa shape index (κ1) is 19.1. The second kappa shape index (κ2) is 8.40. The van der Waals surface area contributed by atoms with Gasteiger partial charge >= 0.3 is 0 Å². The number of rotatable bonds is 7. The van der Waals surface area contributed by atoms with E-state index in [1.165, 1.54) is 0 Å². The zero-order valence-electron chi connectivity index (χ0n) is 15.8.